The van der Waals surface area contributed by atoms with Crippen molar-refractivity contribution in [3.63, 3.8) is 0 Å². The van der Waals surface area contributed by atoms with Crippen molar-refractivity contribution in [1.29, 1.82) is 0 Å². The second kappa shape index (κ2) is 10.1. The van der Waals surface area contributed by atoms with Crippen LogP contribution in [-0.2, 0) is 16.0 Å². The maximum atomic E-state index is 9.74. The number of aliphatic hydroxyl groups excluding tert-OH is 1. The van der Waals surface area contributed by atoms with Gasteiger partial charge < -0.3 is 19.9 Å². The van der Waals surface area contributed by atoms with Gasteiger partial charge in [0.25, 0.3) is 0 Å². The van der Waals surface area contributed by atoms with Crippen LogP contribution in [0.1, 0.15) is 19.4 Å². The van der Waals surface area contributed by atoms with Crippen LogP contribution >= 0.6 is 11.6 Å². The van der Waals surface area contributed by atoms with E-state index in [0.717, 1.165) is 10.6 Å². The summed E-state index contributed by atoms with van der Waals surface area (Å²) in [4.78, 5) is 0. The summed E-state index contributed by atoms with van der Waals surface area (Å²) in [7, 11) is 0. The van der Waals surface area contributed by atoms with Crippen LogP contribution in [0, 0.1) is 0 Å². The van der Waals surface area contributed by atoms with E-state index < -0.39 is 6.10 Å². The normalized spacial score (nSPS) is 12.8. The van der Waals surface area contributed by atoms with Crippen LogP contribution in [0.3, 0.4) is 0 Å². The maximum absolute atomic E-state index is 9.74. The first-order valence-corrected chi connectivity index (χ1v) is 7.29. The summed E-state index contributed by atoms with van der Waals surface area (Å²) in [5.41, 5.74) is 1.02. The molecule has 1 aromatic carbocycles. The Balaban J connectivity index is 2.05. The fourth-order valence-corrected chi connectivity index (χ4v) is 1.84. The van der Waals surface area contributed by atoms with Gasteiger partial charge in [0.15, 0.2) is 0 Å². The first-order valence-electron chi connectivity index (χ1n) is 6.91. The molecule has 0 saturated carbocycles. The largest absolute Gasteiger partial charge is 0.389 e. The highest BCUT2D eigenvalue weighted by atomic mass is 35.5. The molecule has 20 heavy (non-hydrogen) atoms. The molecule has 114 valence electrons. The molecule has 1 unspecified atom stereocenters. The Kier molecular flexibility index (Phi) is 8.82. The van der Waals surface area contributed by atoms with Gasteiger partial charge >= 0.3 is 0 Å². The lowest BCUT2D eigenvalue weighted by Crippen LogP contribution is -2.30. The third kappa shape index (κ3) is 7.82. The van der Waals surface area contributed by atoms with E-state index >= 15 is 0 Å². The zero-order chi connectivity index (χ0) is 14.8. The number of ether oxygens (including phenoxy) is 2. The molecular formula is C15H24ClNO3. The number of aliphatic hydroxyl groups is 1. The summed E-state index contributed by atoms with van der Waals surface area (Å²) in [6, 6.07) is 7.65. The first kappa shape index (κ1) is 17.4. The molecule has 4 nitrogen and oxygen atoms in total. The minimum Gasteiger partial charge on any atom is -0.389 e. The van der Waals surface area contributed by atoms with E-state index in [9.17, 15) is 5.11 Å². The summed E-state index contributed by atoms with van der Waals surface area (Å²) in [5.74, 6) is 0. The highest BCUT2D eigenvalue weighted by molar-refractivity contribution is 6.31. The van der Waals surface area contributed by atoms with E-state index in [1.165, 1.54) is 0 Å². The van der Waals surface area contributed by atoms with E-state index in [4.69, 9.17) is 21.1 Å². The fourth-order valence-electron chi connectivity index (χ4n) is 1.64. The molecule has 1 aromatic rings. The molecule has 0 saturated heterocycles. The molecule has 2 N–H and O–H groups in total. The van der Waals surface area contributed by atoms with Crippen LogP contribution in [-0.4, -0.2) is 43.7 Å². The summed E-state index contributed by atoms with van der Waals surface area (Å²) in [6.07, 6.45) is -0.322. The number of hydrogen-bond acceptors (Lipinski definition) is 4. The van der Waals surface area contributed by atoms with Crippen LogP contribution in [0.15, 0.2) is 24.3 Å². The van der Waals surface area contributed by atoms with Gasteiger partial charge in [-0.2, -0.15) is 0 Å². The summed E-state index contributed by atoms with van der Waals surface area (Å²) >= 11 is 6.04. The standard InChI is InChI=1S/C15H24ClNO3/c1-12(2)20-8-7-19-11-14(18)10-17-9-13-5-3-4-6-15(13)16/h3-6,12,14,17-18H,7-11H2,1-2H3. The Morgan fingerprint density at radius 1 is 1.25 bits per heavy atom. The molecule has 1 rings (SSSR count). The van der Waals surface area contributed by atoms with Crippen molar-refractivity contribution < 1.29 is 14.6 Å². The van der Waals surface area contributed by atoms with Crippen molar-refractivity contribution >= 4 is 11.6 Å². The second-order valence-electron chi connectivity index (χ2n) is 4.87. The van der Waals surface area contributed by atoms with Crippen LogP contribution < -0.4 is 5.32 Å². The third-order valence-corrected chi connectivity index (χ3v) is 3.01. The molecule has 0 radical (unpaired) electrons. The molecule has 0 aliphatic carbocycles. The third-order valence-electron chi connectivity index (χ3n) is 2.64. The molecule has 0 spiro atoms. The second-order valence-corrected chi connectivity index (χ2v) is 5.28. The number of halogens is 1. The quantitative estimate of drug-likeness (QED) is 0.651. The van der Waals surface area contributed by atoms with Crippen molar-refractivity contribution in [3.8, 4) is 0 Å². The fraction of sp³-hybridized carbons (Fsp3) is 0.600. The van der Waals surface area contributed by atoms with Crippen LogP contribution in [0.4, 0.5) is 0 Å². The van der Waals surface area contributed by atoms with Gasteiger partial charge in [0.2, 0.25) is 0 Å². The molecular weight excluding hydrogens is 278 g/mol. The molecule has 0 amide bonds. The average molecular weight is 302 g/mol. The van der Waals surface area contributed by atoms with Gasteiger partial charge in [-0.05, 0) is 25.5 Å². The smallest absolute Gasteiger partial charge is 0.0897 e. The number of hydrogen-bond donors (Lipinski definition) is 2. The first-order chi connectivity index (χ1) is 9.59. The van der Waals surface area contributed by atoms with Crippen LogP contribution in [0.25, 0.3) is 0 Å². The SMILES string of the molecule is CC(C)OCCOCC(O)CNCc1ccccc1Cl. The van der Waals surface area contributed by atoms with E-state index in [1.54, 1.807) is 0 Å². The minimum atomic E-state index is -0.531. The van der Waals surface area contributed by atoms with Gasteiger partial charge in [0.1, 0.15) is 0 Å². The Labute approximate surface area is 126 Å². The van der Waals surface area contributed by atoms with E-state index in [2.05, 4.69) is 5.32 Å². The molecule has 0 heterocycles. The average Bonchev–Trinajstić information content (AvgIpc) is 2.40. The van der Waals surface area contributed by atoms with Gasteiger partial charge in [0, 0.05) is 18.1 Å². The molecule has 1 atom stereocenters. The lowest BCUT2D eigenvalue weighted by atomic mass is 10.2. The van der Waals surface area contributed by atoms with Crippen molar-refractivity contribution in [2.75, 3.05) is 26.4 Å². The van der Waals surface area contributed by atoms with Crippen LogP contribution in [0.5, 0.6) is 0 Å². The molecule has 0 fully saturated rings. The minimum absolute atomic E-state index is 0.209. The predicted octanol–water partition coefficient (Wildman–Crippen LogP) is 2.23. The predicted molar refractivity (Wildman–Crippen MR) is 81.1 cm³/mol. The Bertz CT molecular complexity index is 374. The summed E-state index contributed by atoms with van der Waals surface area (Å²) in [5, 5.41) is 13.6. The van der Waals surface area contributed by atoms with Crippen molar-refractivity contribution in [2.45, 2.75) is 32.6 Å². The van der Waals surface area contributed by atoms with Crippen LogP contribution in [0.2, 0.25) is 5.02 Å². The number of nitrogens with one attached hydrogen (secondary N) is 1. The van der Waals surface area contributed by atoms with Crippen molar-refractivity contribution in [3.05, 3.63) is 34.9 Å². The van der Waals surface area contributed by atoms with Gasteiger partial charge in [-0.15, -0.1) is 0 Å². The van der Waals surface area contributed by atoms with Gasteiger partial charge in [0.05, 0.1) is 32.0 Å². The lowest BCUT2D eigenvalue weighted by Gasteiger charge is -2.13. The van der Waals surface area contributed by atoms with Gasteiger partial charge in [-0.3, -0.25) is 0 Å². The molecule has 5 heteroatoms. The molecule has 0 aliphatic rings. The van der Waals surface area contributed by atoms with Crippen molar-refractivity contribution in [1.82, 2.24) is 5.32 Å². The van der Waals surface area contributed by atoms with E-state index in [-0.39, 0.29) is 6.10 Å². The Hall–Kier alpha value is -0.650. The summed E-state index contributed by atoms with van der Waals surface area (Å²) < 4.78 is 10.7. The van der Waals surface area contributed by atoms with Gasteiger partial charge in [-0.25, -0.2) is 0 Å². The molecule has 0 aliphatic heterocycles. The topological polar surface area (TPSA) is 50.7 Å². The highest BCUT2D eigenvalue weighted by Crippen LogP contribution is 2.14. The molecule has 0 aromatic heterocycles. The molecule has 0 bridgehead atoms. The number of benzene rings is 1. The van der Waals surface area contributed by atoms with Gasteiger partial charge in [-0.1, -0.05) is 29.8 Å². The Morgan fingerprint density at radius 2 is 2.00 bits per heavy atom. The number of rotatable bonds is 10. The monoisotopic (exact) mass is 301 g/mol. The maximum Gasteiger partial charge on any atom is 0.0897 e. The zero-order valence-corrected chi connectivity index (χ0v) is 12.9. The summed E-state index contributed by atoms with van der Waals surface area (Å²) in [6.45, 7) is 6.42. The lowest BCUT2D eigenvalue weighted by molar-refractivity contribution is -0.0100. The highest BCUT2D eigenvalue weighted by Gasteiger charge is 2.05. The van der Waals surface area contributed by atoms with Crippen molar-refractivity contribution in [2.24, 2.45) is 0 Å². The van der Waals surface area contributed by atoms with E-state index in [0.29, 0.717) is 32.9 Å². The van der Waals surface area contributed by atoms with E-state index in [1.807, 2.05) is 38.1 Å². The Morgan fingerprint density at radius 3 is 2.70 bits per heavy atom. The zero-order valence-electron chi connectivity index (χ0n) is 12.1.